The zero-order valence-corrected chi connectivity index (χ0v) is 16.8. The molecule has 28 heavy (non-hydrogen) atoms. The molecular formula is C20H30N6O2. The first-order valence-electron chi connectivity index (χ1n) is 10.1. The summed E-state index contributed by atoms with van der Waals surface area (Å²) in [5.74, 6) is -0.186. The molecule has 0 radical (unpaired) electrons. The predicted octanol–water partition coefficient (Wildman–Crippen LogP) is 1.61. The number of aromatic nitrogens is 4. The van der Waals surface area contributed by atoms with Crippen LogP contribution in [0.1, 0.15) is 47.9 Å². The summed E-state index contributed by atoms with van der Waals surface area (Å²) in [6.45, 7) is 4.21. The summed E-state index contributed by atoms with van der Waals surface area (Å²) < 4.78 is 9.09. The molecule has 1 atom stereocenters. The van der Waals surface area contributed by atoms with Gasteiger partial charge in [-0.2, -0.15) is 0 Å². The summed E-state index contributed by atoms with van der Waals surface area (Å²) in [5.41, 5.74) is 2.06. The Balaban J connectivity index is 1.34. The van der Waals surface area contributed by atoms with Gasteiger partial charge in [0.25, 0.3) is 5.91 Å². The standard InChI is InChI=1S/C20H30N6O2/c1-24-10-3-4-16(24)14-25-11-7-20(8-12-25)6-5-18(20)26-15-17(22-23-26)19(27)21-9-13-28-2/h3-4,10,15,18H,5-9,11-14H2,1-2H3,(H,21,27). The van der Waals surface area contributed by atoms with E-state index in [4.69, 9.17) is 4.74 Å². The van der Waals surface area contributed by atoms with Crippen LogP contribution < -0.4 is 5.32 Å². The SMILES string of the molecule is COCCNC(=O)c1cn(C2CCC23CCN(Cc2cccn2C)CC3)nn1. The number of rotatable bonds is 7. The molecule has 2 aromatic rings. The molecule has 8 heteroatoms. The summed E-state index contributed by atoms with van der Waals surface area (Å²) in [6, 6.07) is 4.67. The van der Waals surface area contributed by atoms with Crippen molar-refractivity contribution in [2.75, 3.05) is 33.4 Å². The molecule has 4 rings (SSSR count). The number of ether oxygens (including phenoxy) is 1. The third-order valence-corrected chi connectivity index (χ3v) is 6.57. The second kappa shape index (κ2) is 8.05. The quantitative estimate of drug-likeness (QED) is 0.732. The number of aryl methyl sites for hydroxylation is 1. The minimum atomic E-state index is -0.186. The number of nitrogens with one attached hydrogen (secondary N) is 1. The lowest BCUT2D eigenvalue weighted by Crippen LogP contribution is -2.49. The third kappa shape index (κ3) is 3.71. The van der Waals surface area contributed by atoms with E-state index in [1.165, 1.54) is 25.0 Å². The van der Waals surface area contributed by atoms with Gasteiger partial charge in [-0.25, -0.2) is 4.68 Å². The van der Waals surface area contributed by atoms with E-state index in [2.05, 4.69) is 50.5 Å². The Bertz CT molecular complexity index is 805. The van der Waals surface area contributed by atoms with Gasteiger partial charge in [0.1, 0.15) is 0 Å². The molecule has 1 N–H and O–H groups in total. The lowest BCUT2D eigenvalue weighted by atomic mass is 9.59. The Labute approximate surface area is 165 Å². The largest absolute Gasteiger partial charge is 0.383 e. The number of carbonyl (C=O) groups excluding carboxylic acids is 1. The average molecular weight is 387 g/mol. The van der Waals surface area contributed by atoms with Crippen molar-refractivity contribution in [2.45, 2.75) is 38.3 Å². The molecule has 8 nitrogen and oxygen atoms in total. The van der Waals surface area contributed by atoms with E-state index >= 15 is 0 Å². The summed E-state index contributed by atoms with van der Waals surface area (Å²) in [4.78, 5) is 14.7. The van der Waals surface area contributed by atoms with Gasteiger partial charge in [-0.1, -0.05) is 5.21 Å². The van der Waals surface area contributed by atoms with E-state index < -0.39 is 0 Å². The summed E-state index contributed by atoms with van der Waals surface area (Å²) >= 11 is 0. The number of nitrogens with zero attached hydrogens (tertiary/aromatic N) is 5. The topological polar surface area (TPSA) is 77.2 Å². The Morgan fingerprint density at radius 3 is 2.82 bits per heavy atom. The monoisotopic (exact) mass is 386 g/mol. The van der Waals surface area contributed by atoms with Crippen LogP contribution in [0.5, 0.6) is 0 Å². The Hall–Kier alpha value is -2.19. The first kappa shape index (κ1) is 19.1. The number of piperidine rings is 1. The van der Waals surface area contributed by atoms with Gasteiger partial charge in [0.2, 0.25) is 0 Å². The maximum absolute atomic E-state index is 12.2. The number of methoxy groups -OCH3 is 1. The molecule has 2 fully saturated rings. The number of amides is 1. The van der Waals surface area contributed by atoms with Crippen LogP contribution >= 0.6 is 0 Å². The zero-order valence-electron chi connectivity index (χ0n) is 16.8. The zero-order chi connectivity index (χ0) is 19.6. The Kier molecular flexibility index (Phi) is 5.50. The number of likely N-dealkylation sites (tertiary alicyclic amines) is 1. The van der Waals surface area contributed by atoms with Crippen molar-refractivity contribution in [3.63, 3.8) is 0 Å². The van der Waals surface area contributed by atoms with Crippen molar-refractivity contribution >= 4 is 5.91 Å². The van der Waals surface area contributed by atoms with Gasteiger partial charge in [-0.3, -0.25) is 9.69 Å². The van der Waals surface area contributed by atoms with E-state index in [1.54, 1.807) is 7.11 Å². The molecule has 0 aromatic carbocycles. The van der Waals surface area contributed by atoms with Crippen molar-refractivity contribution < 1.29 is 9.53 Å². The molecule has 1 saturated heterocycles. The van der Waals surface area contributed by atoms with Crippen LogP contribution in [0.2, 0.25) is 0 Å². The normalized spacial score (nSPS) is 21.6. The van der Waals surface area contributed by atoms with Gasteiger partial charge in [0.15, 0.2) is 5.69 Å². The van der Waals surface area contributed by atoms with Crippen LogP contribution in [0.3, 0.4) is 0 Å². The number of hydrogen-bond acceptors (Lipinski definition) is 5. The maximum Gasteiger partial charge on any atom is 0.273 e. The van der Waals surface area contributed by atoms with Crippen molar-refractivity contribution in [3.8, 4) is 0 Å². The molecule has 1 unspecified atom stereocenters. The highest BCUT2D eigenvalue weighted by Gasteiger charge is 2.49. The smallest absolute Gasteiger partial charge is 0.273 e. The average Bonchev–Trinajstić information content (AvgIpc) is 3.31. The van der Waals surface area contributed by atoms with Crippen molar-refractivity contribution in [1.82, 2.24) is 29.8 Å². The summed E-state index contributed by atoms with van der Waals surface area (Å²) in [7, 11) is 3.72. The molecule has 1 spiro atoms. The fraction of sp³-hybridized carbons (Fsp3) is 0.650. The molecule has 2 aliphatic rings. The van der Waals surface area contributed by atoms with Crippen molar-refractivity contribution in [3.05, 3.63) is 35.9 Å². The maximum atomic E-state index is 12.2. The van der Waals surface area contributed by atoms with E-state index in [-0.39, 0.29) is 5.91 Å². The van der Waals surface area contributed by atoms with Crippen LogP contribution in [-0.2, 0) is 18.3 Å². The highest BCUT2D eigenvalue weighted by molar-refractivity contribution is 5.91. The molecule has 152 valence electrons. The number of hydrogen-bond donors (Lipinski definition) is 1. The summed E-state index contributed by atoms with van der Waals surface area (Å²) in [6.07, 6.45) is 8.63. The predicted molar refractivity (Wildman–Crippen MR) is 105 cm³/mol. The van der Waals surface area contributed by atoms with Gasteiger partial charge in [0.05, 0.1) is 18.8 Å². The fourth-order valence-electron chi connectivity index (χ4n) is 4.61. The molecule has 2 aromatic heterocycles. The lowest BCUT2D eigenvalue weighted by molar-refractivity contribution is -0.0337. The van der Waals surface area contributed by atoms with Gasteiger partial charge in [0, 0.05) is 39.1 Å². The molecule has 1 aliphatic carbocycles. The third-order valence-electron chi connectivity index (χ3n) is 6.57. The highest BCUT2D eigenvalue weighted by atomic mass is 16.5. The van der Waals surface area contributed by atoms with Crippen LogP contribution in [-0.4, -0.2) is 63.7 Å². The minimum absolute atomic E-state index is 0.186. The van der Waals surface area contributed by atoms with Crippen molar-refractivity contribution in [1.29, 1.82) is 0 Å². The van der Waals surface area contributed by atoms with E-state index in [0.29, 0.717) is 30.3 Å². The van der Waals surface area contributed by atoms with Crippen LogP contribution in [0.4, 0.5) is 0 Å². The van der Waals surface area contributed by atoms with Crippen LogP contribution in [0.25, 0.3) is 0 Å². The fourth-order valence-corrected chi connectivity index (χ4v) is 4.61. The van der Waals surface area contributed by atoms with Crippen LogP contribution in [0.15, 0.2) is 24.5 Å². The van der Waals surface area contributed by atoms with E-state index in [9.17, 15) is 4.79 Å². The van der Waals surface area contributed by atoms with Crippen LogP contribution in [0, 0.1) is 5.41 Å². The highest BCUT2D eigenvalue weighted by Crippen LogP contribution is 2.56. The Morgan fingerprint density at radius 2 is 2.18 bits per heavy atom. The molecular weight excluding hydrogens is 356 g/mol. The van der Waals surface area contributed by atoms with Gasteiger partial charge in [-0.15, -0.1) is 5.10 Å². The first-order valence-corrected chi connectivity index (χ1v) is 10.1. The lowest BCUT2D eigenvalue weighted by Gasteiger charge is -2.53. The second-order valence-corrected chi connectivity index (χ2v) is 8.14. The summed E-state index contributed by atoms with van der Waals surface area (Å²) in [5, 5.41) is 11.2. The number of carbonyl (C=O) groups is 1. The molecule has 1 amide bonds. The van der Waals surface area contributed by atoms with Crippen molar-refractivity contribution in [2.24, 2.45) is 12.5 Å². The minimum Gasteiger partial charge on any atom is -0.383 e. The molecule has 0 bridgehead atoms. The second-order valence-electron chi connectivity index (χ2n) is 8.14. The van der Waals surface area contributed by atoms with Gasteiger partial charge < -0.3 is 14.6 Å². The molecule has 1 saturated carbocycles. The van der Waals surface area contributed by atoms with E-state index in [1.807, 2.05) is 10.9 Å². The van der Waals surface area contributed by atoms with Gasteiger partial charge in [-0.05, 0) is 56.3 Å². The van der Waals surface area contributed by atoms with E-state index in [0.717, 1.165) is 26.1 Å². The van der Waals surface area contributed by atoms with Gasteiger partial charge >= 0.3 is 0 Å². The molecule has 3 heterocycles. The Morgan fingerprint density at radius 1 is 1.36 bits per heavy atom. The molecule has 1 aliphatic heterocycles. The first-order chi connectivity index (χ1) is 13.6.